The summed E-state index contributed by atoms with van der Waals surface area (Å²) in [5.41, 5.74) is 0.914. The maximum absolute atomic E-state index is 5.41. The monoisotopic (exact) mass is 228 g/mol. The molecule has 0 aliphatic heterocycles. The van der Waals surface area contributed by atoms with Gasteiger partial charge < -0.3 is 19.3 Å². The van der Waals surface area contributed by atoms with E-state index in [9.17, 15) is 0 Å². The first-order chi connectivity index (χ1) is 7.86. The first kappa shape index (κ1) is 13.2. The molecule has 1 aromatic rings. The normalized spacial score (nSPS) is 10.9. The van der Waals surface area contributed by atoms with Crippen molar-refractivity contribution in [3.05, 3.63) is 17.5 Å². The Kier molecular flexibility index (Phi) is 6.80. The third kappa shape index (κ3) is 5.25. The second-order valence-corrected chi connectivity index (χ2v) is 3.46. The molecule has 0 spiro atoms. The van der Waals surface area contributed by atoms with Gasteiger partial charge in [0.1, 0.15) is 6.61 Å². The van der Waals surface area contributed by atoms with Gasteiger partial charge >= 0.3 is 0 Å². The predicted molar refractivity (Wildman–Crippen MR) is 60.0 cm³/mol. The summed E-state index contributed by atoms with van der Waals surface area (Å²) >= 11 is 0. The van der Waals surface area contributed by atoms with Crippen LogP contribution in [0.5, 0.6) is 0 Å². The van der Waals surface area contributed by atoms with Gasteiger partial charge in [-0.1, -0.05) is 12.1 Å². The number of nitrogens with zero attached hydrogens (tertiary/aromatic N) is 1. The molecule has 1 aromatic heterocycles. The molecule has 1 N–H and O–H groups in total. The molecular formula is C11H20N2O3. The predicted octanol–water partition coefficient (Wildman–Crippen LogP) is 1.34. The zero-order chi connectivity index (χ0) is 11.6. The molecule has 0 aliphatic carbocycles. The highest BCUT2D eigenvalue weighted by atomic mass is 16.5. The molecule has 0 aliphatic rings. The molecule has 0 bridgehead atoms. The Morgan fingerprint density at radius 1 is 1.44 bits per heavy atom. The quantitative estimate of drug-likeness (QED) is 0.646. The Morgan fingerprint density at radius 2 is 2.31 bits per heavy atom. The fourth-order valence-corrected chi connectivity index (χ4v) is 1.24. The van der Waals surface area contributed by atoms with Crippen molar-refractivity contribution < 1.29 is 14.0 Å². The summed E-state index contributed by atoms with van der Waals surface area (Å²) in [6.45, 7) is 5.60. The largest absolute Gasteiger partial charge is 0.385 e. The van der Waals surface area contributed by atoms with Crippen LogP contribution in [0, 0.1) is 0 Å². The highest BCUT2D eigenvalue weighted by Gasteiger charge is 2.03. The Labute approximate surface area is 96.1 Å². The van der Waals surface area contributed by atoms with E-state index >= 15 is 0 Å². The second-order valence-electron chi connectivity index (χ2n) is 3.46. The molecule has 0 aromatic carbocycles. The van der Waals surface area contributed by atoms with Crippen molar-refractivity contribution in [3.8, 4) is 0 Å². The van der Waals surface area contributed by atoms with Crippen molar-refractivity contribution in [2.75, 3.05) is 26.9 Å². The molecule has 1 heterocycles. The molecule has 0 saturated carbocycles. The molecule has 0 saturated heterocycles. The van der Waals surface area contributed by atoms with Crippen LogP contribution in [0.3, 0.4) is 0 Å². The number of ether oxygens (including phenoxy) is 2. The number of hydrogen-bond acceptors (Lipinski definition) is 5. The summed E-state index contributed by atoms with van der Waals surface area (Å²) in [6.07, 6.45) is 0.898. The van der Waals surface area contributed by atoms with Gasteiger partial charge in [-0.05, 0) is 13.0 Å². The van der Waals surface area contributed by atoms with E-state index in [1.54, 1.807) is 7.11 Å². The Morgan fingerprint density at radius 3 is 3.06 bits per heavy atom. The molecule has 5 heteroatoms. The molecule has 1 rings (SSSR count). The van der Waals surface area contributed by atoms with Gasteiger partial charge in [0.05, 0.1) is 5.69 Å². The van der Waals surface area contributed by atoms with Crippen molar-refractivity contribution in [2.45, 2.75) is 26.5 Å². The summed E-state index contributed by atoms with van der Waals surface area (Å²) in [5, 5.41) is 7.11. The molecule has 0 amide bonds. The lowest BCUT2D eigenvalue weighted by molar-refractivity contribution is 0.0794. The van der Waals surface area contributed by atoms with Crippen LogP contribution in [0.1, 0.15) is 24.8 Å². The highest BCUT2D eigenvalue weighted by Crippen LogP contribution is 2.05. The standard InChI is InChI=1S/C11H20N2O3/c1-3-12-8-10-7-11(16-13-10)9-15-6-4-5-14-2/h7,12H,3-6,8-9H2,1-2H3. The molecule has 0 fully saturated rings. The minimum Gasteiger partial charge on any atom is -0.385 e. The number of rotatable bonds is 9. The van der Waals surface area contributed by atoms with Gasteiger partial charge in [0.15, 0.2) is 5.76 Å². The van der Waals surface area contributed by atoms with Gasteiger partial charge in [-0.15, -0.1) is 0 Å². The third-order valence-electron chi connectivity index (χ3n) is 2.05. The Hall–Kier alpha value is -0.910. The summed E-state index contributed by atoms with van der Waals surface area (Å²) < 4.78 is 15.4. The summed E-state index contributed by atoms with van der Waals surface area (Å²) in [7, 11) is 1.68. The molecule has 0 radical (unpaired) electrons. The van der Waals surface area contributed by atoms with Crippen LogP contribution in [-0.4, -0.2) is 32.0 Å². The number of aromatic nitrogens is 1. The number of nitrogens with one attached hydrogen (secondary N) is 1. The lowest BCUT2D eigenvalue weighted by atomic mass is 10.3. The van der Waals surface area contributed by atoms with Crippen molar-refractivity contribution in [1.29, 1.82) is 0 Å². The van der Waals surface area contributed by atoms with E-state index in [2.05, 4.69) is 17.4 Å². The van der Waals surface area contributed by atoms with E-state index in [0.717, 1.165) is 37.6 Å². The number of hydrogen-bond donors (Lipinski definition) is 1. The fourth-order valence-electron chi connectivity index (χ4n) is 1.24. The maximum Gasteiger partial charge on any atom is 0.162 e. The Bertz CT molecular complexity index is 276. The van der Waals surface area contributed by atoms with Gasteiger partial charge in [-0.25, -0.2) is 0 Å². The zero-order valence-electron chi connectivity index (χ0n) is 9.99. The molecular weight excluding hydrogens is 208 g/mol. The second kappa shape index (κ2) is 8.27. The van der Waals surface area contributed by atoms with Gasteiger partial charge in [-0.2, -0.15) is 0 Å². The third-order valence-corrected chi connectivity index (χ3v) is 2.05. The van der Waals surface area contributed by atoms with Crippen LogP contribution in [0.15, 0.2) is 10.6 Å². The van der Waals surface area contributed by atoms with Gasteiger partial charge in [-0.3, -0.25) is 0 Å². The van der Waals surface area contributed by atoms with Crippen LogP contribution in [0.25, 0.3) is 0 Å². The smallest absolute Gasteiger partial charge is 0.162 e. The van der Waals surface area contributed by atoms with Crippen molar-refractivity contribution in [3.63, 3.8) is 0 Å². The summed E-state index contributed by atoms with van der Waals surface area (Å²) in [5.74, 6) is 0.769. The van der Waals surface area contributed by atoms with Crippen molar-refractivity contribution in [1.82, 2.24) is 10.5 Å². The van der Waals surface area contributed by atoms with Crippen LogP contribution in [0.2, 0.25) is 0 Å². The average Bonchev–Trinajstić information content (AvgIpc) is 2.74. The topological polar surface area (TPSA) is 56.5 Å². The van der Waals surface area contributed by atoms with Gasteiger partial charge in [0.2, 0.25) is 0 Å². The van der Waals surface area contributed by atoms with E-state index in [1.807, 2.05) is 6.07 Å². The van der Waals surface area contributed by atoms with Crippen LogP contribution < -0.4 is 5.32 Å². The molecule has 92 valence electrons. The van der Waals surface area contributed by atoms with E-state index in [-0.39, 0.29) is 0 Å². The first-order valence-corrected chi connectivity index (χ1v) is 5.58. The van der Waals surface area contributed by atoms with E-state index in [1.165, 1.54) is 0 Å². The van der Waals surface area contributed by atoms with Crippen LogP contribution in [-0.2, 0) is 22.6 Å². The molecule has 0 atom stereocenters. The number of methoxy groups -OCH3 is 1. The van der Waals surface area contributed by atoms with E-state index in [0.29, 0.717) is 13.2 Å². The fraction of sp³-hybridized carbons (Fsp3) is 0.727. The minimum atomic E-state index is 0.475. The van der Waals surface area contributed by atoms with Crippen molar-refractivity contribution in [2.24, 2.45) is 0 Å². The van der Waals surface area contributed by atoms with Gasteiger partial charge in [0.25, 0.3) is 0 Å². The zero-order valence-corrected chi connectivity index (χ0v) is 9.99. The van der Waals surface area contributed by atoms with E-state index < -0.39 is 0 Å². The van der Waals surface area contributed by atoms with Crippen LogP contribution >= 0.6 is 0 Å². The average molecular weight is 228 g/mol. The van der Waals surface area contributed by atoms with Crippen molar-refractivity contribution >= 4 is 0 Å². The van der Waals surface area contributed by atoms with E-state index in [4.69, 9.17) is 14.0 Å². The minimum absolute atomic E-state index is 0.475. The lowest BCUT2D eigenvalue weighted by Crippen LogP contribution is -2.11. The molecule has 16 heavy (non-hydrogen) atoms. The van der Waals surface area contributed by atoms with Gasteiger partial charge in [0, 0.05) is 32.9 Å². The lowest BCUT2D eigenvalue weighted by Gasteiger charge is -2.00. The summed E-state index contributed by atoms with van der Waals surface area (Å²) in [6, 6.07) is 1.92. The maximum atomic E-state index is 5.41. The Balaban J connectivity index is 2.14. The summed E-state index contributed by atoms with van der Waals surface area (Å²) in [4.78, 5) is 0. The SMILES string of the molecule is CCNCc1cc(COCCCOC)on1. The van der Waals surface area contributed by atoms with Crippen LogP contribution in [0.4, 0.5) is 0 Å². The molecule has 0 unspecified atom stereocenters. The first-order valence-electron chi connectivity index (χ1n) is 5.58. The highest BCUT2D eigenvalue weighted by molar-refractivity contribution is 5.04. The molecule has 5 nitrogen and oxygen atoms in total.